The van der Waals surface area contributed by atoms with Gasteiger partial charge in [-0.15, -0.1) is 0 Å². The molecule has 0 heterocycles. The van der Waals surface area contributed by atoms with Crippen molar-refractivity contribution < 1.29 is 14.6 Å². The molecule has 1 saturated carbocycles. The zero-order valence-electron chi connectivity index (χ0n) is 11.2. The Morgan fingerprint density at radius 2 is 2.00 bits per heavy atom. The summed E-state index contributed by atoms with van der Waals surface area (Å²) < 4.78 is 5.31. The van der Waals surface area contributed by atoms with Crippen molar-refractivity contribution in [2.24, 2.45) is 5.92 Å². The molecule has 1 aliphatic carbocycles. The highest BCUT2D eigenvalue weighted by Crippen LogP contribution is 2.20. The second kappa shape index (κ2) is 6.24. The molecule has 0 aliphatic heterocycles. The number of aliphatic hydroxyl groups is 1. The summed E-state index contributed by atoms with van der Waals surface area (Å²) in [6.07, 6.45) is 5.11. The molecule has 1 rings (SSSR count). The molecule has 0 spiro atoms. The first-order valence-electron chi connectivity index (χ1n) is 6.58. The van der Waals surface area contributed by atoms with Gasteiger partial charge in [-0.3, -0.25) is 0 Å². The Hall–Kier alpha value is -0.770. The lowest BCUT2D eigenvalue weighted by Crippen LogP contribution is -2.45. The number of ether oxygens (including phenoxy) is 1. The molecule has 0 bridgehead atoms. The quantitative estimate of drug-likeness (QED) is 0.797. The third-order valence-electron chi connectivity index (χ3n) is 3.66. The summed E-state index contributed by atoms with van der Waals surface area (Å²) in [6.45, 7) is 5.80. The number of nitrogens with one attached hydrogen (secondary N) is 1. The molecule has 4 heteroatoms. The van der Waals surface area contributed by atoms with Gasteiger partial charge in [-0.05, 0) is 38.5 Å². The van der Waals surface area contributed by atoms with Crippen molar-refractivity contribution >= 4 is 6.09 Å². The number of carbonyl (C=O) groups is 1. The lowest BCUT2D eigenvalue weighted by Gasteiger charge is -2.28. The van der Waals surface area contributed by atoms with Crippen molar-refractivity contribution in [1.82, 2.24) is 5.32 Å². The van der Waals surface area contributed by atoms with E-state index in [4.69, 9.17) is 4.74 Å². The Morgan fingerprint density at radius 1 is 1.41 bits per heavy atom. The van der Waals surface area contributed by atoms with E-state index < -0.39 is 11.7 Å². The number of rotatable bonds is 4. The van der Waals surface area contributed by atoms with E-state index in [9.17, 15) is 9.90 Å². The van der Waals surface area contributed by atoms with Crippen LogP contribution in [0.4, 0.5) is 4.79 Å². The van der Waals surface area contributed by atoms with Crippen molar-refractivity contribution in [3.05, 3.63) is 0 Å². The Balaban J connectivity index is 2.25. The van der Waals surface area contributed by atoms with Gasteiger partial charge in [0.15, 0.2) is 0 Å². The van der Waals surface area contributed by atoms with Crippen LogP contribution in [-0.4, -0.2) is 29.4 Å². The van der Waals surface area contributed by atoms with Crippen LogP contribution in [0.3, 0.4) is 0 Å². The van der Waals surface area contributed by atoms with Gasteiger partial charge >= 0.3 is 6.09 Å². The van der Waals surface area contributed by atoms with E-state index in [1.807, 2.05) is 13.8 Å². The minimum absolute atomic E-state index is 0.0627. The Morgan fingerprint density at radius 3 is 2.53 bits per heavy atom. The van der Waals surface area contributed by atoms with Gasteiger partial charge < -0.3 is 15.2 Å². The summed E-state index contributed by atoms with van der Waals surface area (Å²) in [4.78, 5) is 11.5. The van der Waals surface area contributed by atoms with Crippen LogP contribution in [0, 0.1) is 5.92 Å². The number of alkyl carbamates (subject to hydrolysis) is 1. The third kappa shape index (κ3) is 4.94. The molecule has 17 heavy (non-hydrogen) atoms. The van der Waals surface area contributed by atoms with E-state index >= 15 is 0 Å². The second-order valence-electron chi connectivity index (χ2n) is 5.53. The van der Waals surface area contributed by atoms with Crippen LogP contribution in [0.25, 0.3) is 0 Å². The first kappa shape index (κ1) is 14.3. The van der Waals surface area contributed by atoms with E-state index in [-0.39, 0.29) is 18.6 Å². The Bertz CT molecular complexity index is 245. The largest absolute Gasteiger partial charge is 0.446 e. The maximum atomic E-state index is 11.5. The van der Waals surface area contributed by atoms with Gasteiger partial charge in [-0.1, -0.05) is 20.3 Å². The Labute approximate surface area is 104 Å². The standard InChI is InChI=1S/C13H25NO3/c1-10(2)13(3,16)9-14-12(15)17-11-7-5-4-6-8-11/h10-11,16H,4-9H2,1-3H3,(H,14,15). The molecular formula is C13H25NO3. The maximum Gasteiger partial charge on any atom is 0.407 e. The van der Waals surface area contributed by atoms with E-state index in [2.05, 4.69) is 5.32 Å². The highest BCUT2D eigenvalue weighted by molar-refractivity contribution is 5.67. The van der Waals surface area contributed by atoms with Crippen LogP contribution < -0.4 is 5.32 Å². The van der Waals surface area contributed by atoms with Gasteiger partial charge in [0.05, 0.1) is 5.60 Å². The fourth-order valence-electron chi connectivity index (χ4n) is 1.83. The molecule has 1 aliphatic rings. The zero-order chi connectivity index (χ0) is 12.9. The number of amides is 1. The first-order valence-corrected chi connectivity index (χ1v) is 6.58. The first-order chi connectivity index (χ1) is 7.92. The summed E-state index contributed by atoms with van der Waals surface area (Å²) in [5, 5.41) is 12.6. The fourth-order valence-corrected chi connectivity index (χ4v) is 1.83. The predicted octanol–water partition coefficient (Wildman–Crippen LogP) is 2.45. The summed E-state index contributed by atoms with van der Waals surface area (Å²) >= 11 is 0. The molecule has 2 N–H and O–H groups in total. The van der Waals surface area contributed by atoms with E-state index in [0.717, 1.165) is 25.7 Å². The molecule has 1 amide bonds. The molecule has 0 saturated heterocycles. The molecule has 0 aromatic heterocycles. The number of carbonyl (C=O) groups excluding carboxylic acids is 1. The molecule has 100 valence electrons. The van der Waals surface area contributed by atoms with Crippen molar-refractivity contribution in [2.75, 3.05) is 6.54 Å². The average Bonchev–Trinajstić information content (AvgIpc) is 2.28. The number of hydrogen-bond donors (Lipinski definition) is 2. The van der Waals surface area contributed by atoms with E-state index in [0.29, 0.717) is 0 Å². The minimum atomic E-state index is -0.883. The van der Waals surface area contributed by atoms with Crippen molar-refractivity contribution in [3.63, 3.8) is 0 Å². The van der Waals surface area contributed by atoms with E-state index in [1.54, 1.807) is 6.92 Å². The van der Waals surface area contributed by atoms with Crippen LogP contribution in [0.2, 0.25) is 0 Å². The number of hydrogen-bond acceptors (Lipinski definition) is 3. The molecule has 1 unspecified atom stereocenters. The van der Waals surface area contributed by atoms with Crippen LogP contribution in [0.1, 0.15) is 52.9 Å². The summed E-state index contributed by atoms with van der Waals surface area (Å²) in [7, 11) is 0. The van der Waals surface area contributed by atoms with Crippen LogP contribution >= 0.6 is 0 Å². The fraction of sp³-hybridized carbons (Fsp3) is 0.923. The van der Waals surface area contributed by atoms with Crippen LogP contribution in [-0.2, 0) is 4.74 Å². The van der Waals surface area contributed by atoms with Gasteiger partial charge in [0.2, 0.25) is 0 Å². The minimum Gasteiger partial charge on any atom is -0.446 e. The topological polar surface area (TPSA) is 58.6 Å². The third-order valence-corrected chi connectivity index (χ3v) is 3.66. The van der Waals surface area contributed by atoms with Crippen LogP contribution in [0.15, 0.2) is 0 Å². The zero-order valence-corrected chi connectivity index (χ0v) is 11.2. The lowest BCUT2D eigenvalue weighted by atomic mass is 9.93. The summed E-state index contributed by atoms with van der Waals surface area (Å²) in [5.41, 5.74) is -0.883. The predicted molar refractivity (Wildman–Crippen MR) is 66.8 cm³/mol. The van der Waals surface area contributed by atoms with Crippen molar-refractivity contribution in [2.45, 2.75) is 64.6 Å². The van der Waals surface area contributed by atoms with Gasteiger partial charge in [0, 0.05) is 6.54 Å². The van der Waals surface area contributed by atoms with Crippen LogP contribution in [0.5, 0.6) is 0 Å². The van der Waals surface area contributed by atoms with Gasteiger partial charge in [0.25, 0.3) is 0 Å². The lowest BCUT2D eigenvalue weighted by molar-refractivity contribution is 0.00968. The normalized spacial score (nSPS) is 21.0. The highest BCUT2D eigenvalue weighted by Gasteiger charge is 2.26. The second-order valence-corrected chi connectivity index (χ2v) is 5.53. The Kier molecular flexibility index (Phi) is 5.25. The molecule has 1 fully saturated rings. The molecule has 0 aromatic rings. The van der Waals surface area contributed by atoms with Gasteiger partial charge in [-0.2, -0.15) is 0 Å². The summed E-state index contributed by atoms with van der Waals surface area (Å²) in [6, 6.07) is 0. The molecule has 0 aromatic carbocycles. The maximum absolute atomic E-state index is 11.5. The van der Waals surface area contributed by atoms with Crippen molar-refractivity contribution in [1.29, 1.82) is 0 Å². The monoisotopic (exact) mass is 243 g/mol. The molecular weight excluding hydrogens is 218 g/mol. The molecule has 4 nitrogen and oxygen atoms in total. The highest BCUT2D eigenvalue weighted by atomic mass is 16.6. The smallest absolute Gasteiger partial charge is 0.407 e. The van der Waals surface area contributed by atoms with E-state index in [1.165, 1.54) is 6.42 Å². The molecule has 1 atom stereocenters. The SMILES string of the molecule is CC(C)C(C)(O)CNC(=O)OC1CCCCC1. The van der Waals surface area contributed by atoms with Gasteiger partial charge in [-0.25, -0.2) is 4.79 Å². The summed E-state index contributed by atoms with van der Waals surface area (Å²) in [5.74, 6) is 0.0949. The van der Waals surface area contributed by atoms with Crippen molar-refractivity contribution in [3.8, 4) is 0 Å². The van der Waals surface area contributed by atoms with Gasteiger partial charge in [0.1, 0.15) is 6.10 Å². The average molecular weight is 243 g/mol. The molecule has 0 radical (unpaired) electrons.